The van der Waals surface area contributed by atoms with Gasteiger partial charge in [-0.2, -0.15) is 0 Å². The van der Waals surface area contributed by atoms with Crippen LogP contribution in [0.25, 0.3) is 0 Å². The summed E-state index contributed by atoms with van der Waals surface area (Å²) in [7, 11) is 0. The maximum Gasteiger partial charge on any atom is -0.344 e. The fourth-order valence-corrected chi connectivity index (χ4v) is 7.09. The summed E-state index contributed by atoms with van der Waals surface area (Å²) in [4.78, 5) is 0. The molecule has 2 bridgehead atoms. The van der Waals surface area contributed by atoms with E-state index in [4.69, 9.17) is 23.2 Å². The zero-order valence-corrected chi connectivity index (χ0v) is 16.6. The molecule has 2 fully saturated rings. The molecule has 0 radical (unpaired) electrons. The van der Waals surface area contributed by atoms with E-state index in [1.54, 1.807) is 0 Å². The SMILES string of the molecule is Clc1ccc(C2NC(c3ccc(Cl)cc3)C3C[Se]CC2C3)cc1.N. The predicted molar refractivity (Wildman–Crippen MR) is 104 cm³/mol. The summed E-state index contributed by atoms with van der Waals surface area (Å²) >= 11 is 12.9. The van der Waals surface area contributed by atoms with Crippen molar-refractivity contribution in [1.82, 2.24) is 11.5 Å². The summed E-state index contributed by atoms with van der Waals surface area (Å²) < 4.78 is 0. The number of nitrogens with one attached hydrogen (secondary N) is 1. The third kappa shape index (κ3) is 3.67. The van der Waals surface area contributed by atoms with Crippen molar-refractivity contribution in [3.8, 4) is 0 Å². The van der Waals surface area contributed by atoms with E-state index in [1.807, 2.05) is 24.3 Å². The normalized spacial score (nSPS) is 28.9. The van der Waals surface area contributed by atoms with Crippen LogP contribution in [-0.4, -0.2) is 15.0 Å². The summed E-state index contributed by atoms with van der Waals surface area (Å²) in [5.41, 5.74) is 2.74. The molecule has 0 aliphatic carbocycles. The van der Waals surface area contributed by atoms with E-state index in [2.05, 4.69) is 29.6 Å². The molecule has 5 heteroatoms. The van der Waals surface area contributed by atoms with Crippen LogP contribution in [0.2, 0.25) is 20.7 Å². The summed E-state index contributed by atoms with van der Waals surface area (Å²) in [6, 6.07) is 17.6. The van der Waals surface area contributed by atoms with Gasteiger partial charge in [-0.1, -0.05) is 0 Å². The van der Waals surface area contributed by atoms with Crippen LogP contribution in [0.15, 0.2) is 48.5 Å². The molecule has 2 aliphatic rings. The minimum atomic E-state index is 0. The molecule has 4 unspecified atom stereocenters. The summed E-state index contributed by atoms with van der Waals surface area (Å²) in [5.74, 6) is 1.52. The Kier molecular flexibility index (Phi) is 5.92. The molecule has 0 amide bonds. The second-order valence-electron chi connectivity index (χ2n) is 6.52. The van der Waals surface area contributed by atoms with Crippen molar-refractivity contribution in [3.63, 3.8) is 0 Å². The molecule has 0 aromatic heterocycles. The van der Waals surface area contributed by atoms with Gasteiger partial charge in [0.2, 0.25) is 0 Å². The van der Waals surface area contributed by atoms with Crippen LogP contribution in [-0.2, 0) is 0 Å². The zero-order valence-electron chi connectivity index (χ0n) is 13.4. The zero-order chi connectivity index (χ0) is 15.8. The van der Waals surface area contributed by atoms with Gasteiger partial charge in [0, 0.05) is 0 Å². The van der Waals surface area contributed by atoms with Crippen LogP contribution >= 0.6 is 23.2 Å². The third-order valence-electron chi connectivity index (χ3n) is 5.03. The van der Waals surface area contributed by atoms with E-state index in [-0.39, 0.29) is 6.15 Å². The first-order chi connectivity index (χ1) is 11.2. The van der Waals surface area contributed by atoms with Crippen LogP contribution in [0.1, 0.15) is 29.6 Å². The molecule has 24 heavy (non-hydrogen) atoms. The molecule has 4 rings (SSSR count). The Morgan fingerprint density at radius 2 is 1.17 bits per heavy atom. The summed E-state index contributed by atoms with van der Waals surface area (Å²) in [6.07, 6.45) is 1.33. The van der Waals surface area contributed by atoms with E-state index in [0.29, 0.717) is 12.1 Å². The van der Waals surface area contributed by atoms with Gasteiger partial charge in [0.15, 0.2) is 0 Å². The largest absolute Gasteiger partial charge is 0.344 e. The van der Waals surface area contributed by atoms with Gasteiger partial charge < -0.3 is 6.15 Å². The fraction of sp³-hybridized carbons (Fsp3) is 0.368. The Labute approximate surface area is 160 Å². The van der Waals surface area contributed by atoms with Crippen molar-refractivity contribution < 1.29 is 0 Å². The van der Waals surface area contributed by atoms with E-state index in [9.17, 15) is 0 Å². The average Bonchev–Trinajstić information content (AvgIpc) is 2.58. The molecule has 0 spiro atoms. The van der Waals surface area contributed by atoms with Crippen molar-refractivity contribution in [2.24, 2.45) is 11.8 Å². The Morgan fingerprint density at radius 1 is 0.750 bits per heavy atom. The number of hydrogen-bond acceptors (Lipinski definition) is 2. The smallest absolute Gasteiger partial charge is 0.344 e. The van der Waals surface area contributed by atoms with Gasteiger partial charge in [-0.25, -0.2) is 0 Å². The summed E-state index contributed by atoms with van der Waals surface area (Å²) in [5, 5.41) is 8.34. The molecule has 4 N–H and O–H groups in total. The predicted octanol–water partition coefficient (Wildman–Crippen LogP) is 5.72. The van der Waals surface area contributed by atoms with Gasteiger partial charge in [-0.15, -0.1) is 0 Å². The maximum atomic E-state index is 6.06. The van der Waals surface area contributed by atoms with Crippen molar-refractivity contribution >= 4 is 38.2 Å². The van der Waals surface area contributed by atoms with E-state index in [1.165, 1.54) is 28.2 Å². The molecule has 0 saturated carbocycles. The monoisotopic (exact) mass is 428 g/mol. The Bertz CT molecular complexity index is 617. The van der Waals surface area contributed by atoms with Crippen molar-refractivity contribution in [3.05, 3.63) is 69.7 Å². The number of hydrogen-bond donors (Lipinski definition) is 2. The molecular weight excluding hydrogens is 406 g/mol. The van der Waals surface area contributed by atoms with Gasteiger partial charge in [-0.05, 0) is 0 Å². The number of piperidine rings is 1. The van der Waals surface area contributed by atoms with Crippen LogP contribution < -0.4 is 11.5 Å². The minimum absolute atomic E-state index is 0. The van der Waals surface area contributed by atoms with Gasteiger partial charge in [0.05, 0.1) is 0 Å². The van der Waals surface area contributed by atoms with Gasteiger partial charge in [0.1, 0.15) is 0 Å². The van der Waals surface area contributed by atoms with Crippen molar-refractivity contribution in [2.75, 3.05) is 0 Å². The van der Waals surface area contributed by atoms with Gasteiger partial charge >= 0.3 is 154 Å². The molecule has 2 aromatic rings. The van der Waals surface area contributed by atoms with Crippen molar-refractivity contribution in [1.29, 1.82) is 0 Å². The Morgan fingerprint density at radius 3 is 1.58 bits per heavy atom. The molecule has 2 aromatic carbocycles. The molecular formula is C19H22Cl2N2Se. The van der Waals surface area contributed by atoms with Gasteiger partial charge in [0.25, 0.3) is 0 Å². The molecule has 2 nitrogen and oxygen atoms in total. The molecule has 4 atom stereocenters. The molecule has 2 saturated heterocycles. The number of fused-ring (bicyclic) bond motifs is 2. The second-order valence-corrected chi connectivity index (χ2v) is 9.65. The van der Waals surface area contributed by atoms with E-state index < -0.39 is 0 Å². The first-order valence-corrected chi connectivity index (χ1v) is 11.2. The first kappa shape index (κ1) is 18.3. The minimum Gasteiger partial charge on any atom is -0.344 e. The molecule has 128 valence electrons. The quantitative estimate of drug-likeness (QED) is 0.602. The second kappa shape index (κ2) is 7.78. The number of halogens is 2. The summed E-state index contributed by atoms with van der Waals surface area (Å²) in [6.45, 7) is 0. The average molecular weight is 428 g/mol. The Balaban J connectivity index is 0.00000169. The third-order valence-corrected chi connectivity index (χ3v) is 8.32. The standard InChI is InChI=1S/C19H19Cl2NSe.H3N/c20-16-5-1-12(2-6-16)18-14-9-15(11-23-10-14)19(22-18)13-3-7-17(21)8-4-13;/h1-8,14-15,18-19,22H,9-11H2;1H3. The topological polar surface area (TPSA) is 47.0 Å². The van der Waals surface area contributed by atoms with Crippen LogP contribution in [0, 0.1) is 11.8 Å². The van der Waals surface area contributed by atoms with Gasteiger partial charge in [-0.3, -0.25) is 0 Å². The van der Waals surface area contributed by atoms with Crippen molar-refractivity contribution in [2.45, 2.75) is 29.1 Å². The number of benzene rings is 2. The Hall–Kier alpha value is -0.541. The van der Waals surface area contributed by atoms with Crippen LogP contribution in [0.5, 0.6) is 0 Å². The first-order valence-electron chi connectivity index (χ1n) is 8.05. The molecule has 2 heterocycles. The van der Waals surface area contributed by atoms with Crippen LogP contribution in [0.3, 0.4) is 0 Å². The molecule has 2 aliphatic heterocycles. The van der Waals surface area contributed by atoms with Crippen LogP contribution in [0.4, 0.5) is 0 Å². The number of rotatable bonds is 2. The maximum absolute atomic E-state index is 6.06. The van der Waals surface area contributed by atoms with E-state index >= 15 is 0 Å². The fourth-order valence-electron chi connectivity index (χ4n) is 3.90. The van der Waals surface area contributed by atoms with E-state index in [0.717, 1.165) is 36.8 Å².